The van der Waals surface area contributed by atoms with Gasteiger partial charge in [-0.3, -0.25) is 9.59 Å². The van der Waals surface area contributed by atoms with Crippen molar-refractivity contribution in [2.75, 3.05) is 20.2 Å². The first-order valence-corrected chi connectivity index (χ1v) is 10.9. The highest BCUT2D eigenvalue weighted by atomic mass is 19.1. The van der Waals surface area contributed by atoms with Gasteiger partial charge in [0, 0.05) is 38.0 Å². The average Bonchev–Trinajstić information content (AvgIpc) is 3.25. The lowest BCUT2D eigenvalue weighted by Crippen LogP contribution is -2.51. The lowest BCUT2D eigenvalue weighted by atomic mass is 9.90. The van der Waals surface area contributed by atoms with Crippen LogP contribution in [0.25, 0.3) is 0 Å². The molecule has 8 heteroatoms. The van der Waals surface area contributed by atoms with E-state index >= 15 is 0 Å². The fourth-order valence-corrected chi connectivity index (χ4v) is 4.05. The lowest BCUT2D eigenvalue weighted by molar-refractivity contribution is -0.139. The van der Waals surface area contributed by atoms with E-state index in [1.165, 1.54) is 12.1 Å². The number of halogens is 1. The monoisotopic (exact) mass is 450 g/mol. The number of aryl methyl sites for hydroxylation is 1. The van der Waals surface area contributed by atoms with Crippen LogP contribution in [0.3, 0.4) is 0 Å². The summed E-state index contributed by atoms with van der Waals surface area (Å²) in [4.78, 5) is 30.8. The van der Waals surface area contributed by atoms with Crippen molar-refractivity contribution in [2.45, 2.75) is 31.2 Å². The maximum absolute atomic E-state index is 13.5. The molecule has 3 aromatic rings. The minimum atomic E-state index is -0.470. The van der Waals surface area contributed by atoms with E-state index in [-0.39, 0.29) is 30.0 Å². The van der Waals surface area contributed by atoms with Gasteiger partial charge in [0.25, 0.3) is 0 Å². The van der Waals surface area contributed by atoms with E-state index in [2.05, 4.69) is 4.98 Å². The largest absolute Gasteiger partial charge is 0.497 e. The van der Waals surface area contributed by atoms with Gasteiger partial charge in [-0.2, -0.15) is 0 Å². The number of hydrogen-bond acceptors (Lipinski definition) is 4. The number of nitrogens with two attached hydrogens (primary N) is 1. The Morgan fingerprint density at radius 3 is 2.48 bits per heavy atom. The van der Waals surface area contributed by atoms with E-state index in [9.17, 15) is 14.0 Å². The molecule has 0 unspecified atom stereocenters. The van der Waals surface area contributed by atoms with Crippen molar-refractivity contribution in [1.29, 1.82) is 0 Å². The summed E-state index contributed by atoms with van der Waals surface area (Å²) < 4.78 is 20.3. The Labute approximate surface area is 192 Å². The van der Waals surface area contributed by atoms with Crippen molar-refractivity contribution in [3.05, 3.63) is 83.7 Å². The number of carbonyl (C=O) groups excluding carboxylic acids is 2. The van der Waals surface area contributed by atoms with Crippen LogP contribution in [0.5, 0.6) is 5.75 Å². The lowest BCUT2D eigenvalue weighted by Gasteiger charge is -2.41. The number of primary amides is 1. The second kappa shape index (κ2) is 9.85. The highest BCUT2D eigenvalue weighted by molar-refractivity contribution is 5.82. The number of hydrogen-bond donors (Lipinski definition) is 1. The number of rotatable bonds is 9. The van der Waals surface area contributed by atoms with E-state index in [0.29, 0.717) is 31.6 Å². The van der Waals surface area contributed by atoms with Crippen LogP contribution in [0, 0.1) is 5.82 Å². The molecule has 1 atom stereocenters. The minimum absolute atomic E-state index is 0.00281. The number of benzene rings is 2. The third-order valence-electron chi connectivity index (χ3n) is 6.05. The van der Waals surface area contributed by atoms with Gasteiger partial charge in [-0.1, -0.05) is 24.3 Å². The normalized spacial score (nSPS) is 14.5. The zero-order valence-electron chi connectivity index (χ0n) is 18.5. The van der Waals surface area contributed by atoms with Crippen molar-refractivity contribution < 1.29 is 18.7 Å². The van der Waals surface area contributed by atoms with E-state index < -0.39 is 6.04 Å². The summed E-state index contributed by atoms with van der Waals surface area (Å²) in [5.74, 6) is 0.302. The molecule has 0 bridgehead atoms. The Morgan fingerprint density at radius 2 is 1.85 bits per heavy atom. The molecule has 1 saturated heterocycles. The SMILES string of the molecule is COc1ccc(C[C@H](C(=O)N2CC(c3ccc(F)cc3)C2)n2cnc(CCC(N)=O)c2)cc1. The summed E-state index contributed by atoms with van der Waals surface area (Å²) in [5.41, 5.74) is 8.00. The molecule has 2 amide bonds. The Kier molecular flexibility index (Phi) is 6.72. The Hall–Kier alpha value is -3.68. The number of imidazole rings is 1. The van der Waals surface area contributed by atoms with Gasteiger partial charge in [-0.25, -0.2) is 9.37 Å². The number of aromatic nitrogens is 2. The van der Waals surface area contributed by atoms with Crippen molar-refractivity contribution in [2.24, 2.45) is 5.73 Å². The fourth-order valence-electron chi connectivity index (χ4n) is 4.05. The molecule has 7 nitrogen and oxygen atoms in total. The van der Waals surface area contributed by atoms with Gasteiger partial charge in [0.15, 0.2) is 0 Å². The number of carbonyl (C=O) groups is 2. The standard InChI is InChI=1S/C25H27FN4O3/c1-33-22-9-2-17(3-10-22)12-23(30-15-21(28-16-30)8-11-24(27)31)25(32)29-13-19(14-29)18-4-6-20(26)7-5-18/h2-7,9-10,15-16,19,23H,8,11-14H2,1H3,(H2,27,31)/t23-/m1/s1. The highest BCUT2D eigenvalue weighted by Crippen LogP contribution is 2.30. The summed E-state index contributed by atoms with van der Waals surface area (Å²) in [6.45, 7) is 1.18. The highest BCUT2D eigenvalue weighted by Gasteiger charge is 2.36. The van der Waals surface area contributed by atoms with Gasteiger partial charge in [-0.05, 0) is 41.8 Å². The molecular formula is C25H27FN4O3. The molecule has 1 fully saturated rings. The first kappa shape index (κ1) is 22.5. The topological polar surface area (TPSA) is 90.4 Å². The number of nitrogens with zero attached hydrogens (tertiary/aromatic N) is 3. The van der Waals surface area contributed by atoms with Gasteiger partial charge in [0.2, 0.25) is 11.8 Å². The molecule has 172 valence electrons. The fraction of sp³-hybridized carbons (Fsp3) is 0.320. The zero-order valence-corrected chi connectivity index (χ0v) is 18.5. The smallest absolute Gasteiger partial charge is 0.246 e. The summed E-state index contributed by atoms with van der Waals surface area (Å²) >= 11 is 0. The van der Waals surface area contributed by atoms with Crippen LogP contribution in [0.15, 0.2) is 61.1 Å². The molecule has 0 aliphatic carbocycles. The first-order chi connectivity index (χ1) is 15.9. The summed E-state index contributed by atoms with van der Waals surface area (Å²) in [6.07, 6.45) is 4.58. The molecular weight excluding hydrogens is 423 g/mol. The molecule has 0 spiro atoms. The number of methoxy groups -OCH3 is 1. The molecule has 2 aromatic carbocycles. The molecule has 0 saturated carbocycles. The molecule has 2 N–H and O–H groups in total. The molecule has 2 heterocycles. The predicted octanol–water partition coefficient (Wildman–Crippen LogP) is 2.86. The summed E-state index contributed by atoms with van der Waals surface area (Å²) in [6, 6.07) is 13.6. The van der Waals surface area contributed by atoms with Crippen LogP contribution in [-0.4, -0.2) is 46.5 Å². The van der Waals surface area contributed by atoms with Crippen LogP contribution in [0.2, 0.25) is 0 Å². The summed E-state index contributed by atoms with van der Waals surface area (Å²) in [5, 5.41) is 0. The zero-order chi connectivity index (χ0) is 23.4. The van der Waals surface area contributed by atoms with Crippen molar-refractivity contribution >= 4 is 11.8 Å². The molecule has 1 aliphatic rings. The van der Waals surface area contributed by atoms with Gasteiger partial charge in [0.05, 0.1) is 19.1 Å². The van der Waals surface area contributed by atoms with Gasteiger partial charge < -0.3 is 19.9 Å². The number of likely N-dealkylation sites (tertiary alicyclic amines) is 1. The van der Waals surface area contributed by atoms with Gasteiger partial charge in [-0.15, -0.1) is 0 Å². The Morgan fingerprint density at radius 1 is 1.15 bits per heavy atom. The van der Waals surface area contributed by atoms with Crippen molar-refractivity contribution in [3.8, 4) is 5.75 Å². The second-order valence-electron chi connectivity index (χ2n) is 8.34. The number of amides is 2. The maximum atomic E-state index is 13.5. The van der Waals surface area contributed by atoms with E-state index in [0.717, 1.165) is 16.9 Å². The van der Waals surface area contributed by atoms with Gasteiger partial charge >= 0.3 is 0 Å². The van der Waals surface area contributed by atoms with E-state index in [1.807, 2.05) is 39.9 Å². The predicted molar refractivity (Wildman–Crippen MR) is 121 cm³/mol. The van der Waals surface area contributed by atoms with Crippen LogP contribution < -0.4 is 10.5 Å². The molecule has 1 aromatic heterocycles. The number of ether oxygens (including phenoxy) is 1. The molecule has 4 rings (SSSR count). The third-order valence-corrected chi connectivity index (χ3v) is 6.05. The second-order valence-corrected chi connectivity index (χ2v) is 8.34. The average molecular weight is 451 g/mol. The molecule has 1 aliphatic heterocycles. The quantitative estimate of drug-likeness (QED) is 0.543. The Bertz CT molecular complexity index is 1110. The van der Waals surface area contributed by atoms with Crippen LogP contribution in [-0.2, 0) is 22.4 Å². The van der Waals surface area contributed by atoms with Crippen molar-refractivity contribution in [3.63, 3.8) is 0 Å². The van der Waals surface area contributed by atoms with Gasteiger partial charge in [0.1, 0.15) is 17.6 Å². The third kappa shape index (κ3) is 5.39. The van der Waals surface area contributed by atoms with E-state index in [4.69, 9.17) is 10.5 Å². The van der Waals surface area contributed by atoms with Crippen LogP contribution >= 0.6 is 0 Å². The minimum Gasteiger partial charge on any atom is -0.497 e. The molecule has 33 heavy (non-hydrogen) atoms. The van der Waals surface area contributed by atoms with Crippen LogP contribution in [0.1, 0.15) is 35.2 Å². The summed E-state index contributed by atoms with van der Waals surface area (Å²) in [7, 11) is 1.61. The first-order valence-electron chi connectivity index (χ1n) is 10.9. The van der Waals surface area contributed by atoms with E-state index in [1.54, 1.807) is 25.6 Å². The Balaban J connectivity index is 1.50. The van der Waals surface area contributed by atoms with Crippen molar-refractivity contribution in [1.82, 2.24) is 14.5 Å². The van der Waals surface area contributed by atoms with Crippen LogP contribution in [0.4, 0.5) is 4.39 Å². The maximum Gasteiger partial charge on any atom is 0.246 e. The molecule has 0 radical (unpaired) electrons.